The minimum absolute atomic E-state index is 0.278. The van der Waals surface area contributed by atoms with Gasteiger partial charge in [-0.05, 0) is 38.6 Å². The maximum absolute atomic E-state index is 5.83. The van der Waals surface area contributed by atoms with Crippen LogP contribution in [0.2, 0.25) is 0 Å². The highest BCUT2D eigenvalue weighted by molar-refractivity contribution is 4.72. The summed E-state index contributed by atoms with van der Waals surface area (Å²) < 4.78 is 5.60. The van der Waals surface area contributed by atoms with E-state index in [9.17, 15) is 0 Å². The highest BCUT2D eigenvalue weighted by Gasteiger charge is 2.21. The Morgan fingerprint density at radius 1 is 1.40 bits per heavy atom. The number of nitrogens with zero attached hydrogens (tertiary/aromatic N) is 1. The molecule has 0 aliphatic heterocycles. The van der Waals surface area contributed by atoms with Crippen molar-refractivity contribution in [3.63, 3.8) is 0 Å². The van der Waals surface area contributed by atoms with Crippen molar-refractivity contribution in [3.8, 4) is 0 Å². The van der Waals surface area contributed by atoms with E-state index in [2.05, 4.69) is 25.8 Å². The first-order valence-electron chi connectivity index (χ1n) is 6.11. The molecule has 90 valence electrons. The lowest BCUT2D eigenvalue weighted by atomic mass is 10.0. The second kappa shape index (κ2) is 6.46. The van der Waals surface area contributed by atoms with Crippen LogP contribution in [0.3, 0.4) is 0 Å². The molecule has 0 aromatic rings. The quantitative estimate of drug-likeness (QED) is 0.620. The first-order valence-corrected chi connectivity index (χ1v) is 6.11. The summed E-state index contributed by atoms with van der Waals surface area (Å²) in [5.74, 6) is 1.43. The SMILES string of the molecule is CC(N)C(C)CN(C)CCOCC1CC1. The molecular weight excluding hydrogens is 188 g/mol. The monoisotopic (exact) mass is 214 g/mol. The van der Waals surface area contributed by atoms with Gasteiger partial charge in [0.2, 0.25) is 0 Å². The summed E-state index contributed by atoms with van der Waals surface area (Å²) in [7, 11) is 2.14. The van der Waals surface area contributed by atoms with Crippen molar-refractivity contribution in [1.29, 1.82) is 0 Å². The normalized spacial score (nSPS) is 20.6. The average Bonchev–Trinajstić information content (AvgIpc) is 2.95. The Hall–Kier alpha value is -0.120. The smallest absolute Gasteiger partial charge is 0.0593 e. The minimum Gasteiger partial charge on any atom is -0.380 e. The molecule has 0 aromatic carbocycles. The zero-order valence-electron chi connectivity index (χ0n) is 10.4. The molecule has 1 aliphatic carbocycles. The number of nitrogens with two attached hydrogens (primary N) is 1. The van der Waals surface area contributed by atoms with E-state index < -0.39 is 0 Å². The maximum Gasteiger partial charge on any atom is 0.0593 e. The molecule has 15 heavy (non-hydrogen) atoms. The van der Waals surface area contributed by atoms with Gasteiger partial charge in [-0.1, -0.05) is 6.92 Å². The first-order chi connectivity index (χ1) is 7.09. The van der Waals surface area contributed by atoms with Gasteiger partial charge < -0.3 is 15.4 Å². The van der Waals surface area contributed by atoms with Gasteiger partial charge in [0.05, 0.1) is 6.61 Å². The van der Waals surface area contributed by atoms with Gasteiger partial charge in [0.1, 0.15) is 0 Å². The third kappa shape index (κ3) is 6.13. The van der Waals surface area contributed by atoms with E-state index >= 15 is 0 Å². The van der Waals surface area contributed by atoms with Crippen LogP contribution >= 0.6 is 0 Å². The van der Waals surface area contributed by atoms with Crippen LogP contribution in [0.4, 0.5) is 0 Å². The van der Waals surface area contributed by atoms with Crippen LogP contribution in [-0.2, 0) is 4.74 Å². The third-order valence-electron chi connectivity index (χ3n) is 3.17. The van der Waals surface area contributed by atoms with Gasteiger partial charge in [0.15, 0.2) is 0 Å². The van der Waals surface area contributed by atoms with Crippen LogP contribution < -0.4 is 5.73 Å². The van der Waals surface area contributed by atoms with Gasteiger partial charge in [0, 0.05) is 25.7 Å². The van der Waals surface area contributed by atoms with Crippen LogP contribution in [0, 0.1) is 11.8 Å². The molecule has 0 radical (unpaired) electrons. The number of ether oxygens (including phenoxy) is 1. The van der Waals surface area contributed by atoms with E-state index in [1.54, 1.807) is 0 Å². The zero-order valence-corrected chi connectivity index (χ0v) is 10.4. The second-order valence-corrected chi connectivity index (χ2v) is 5.12. The van der Waals surface area contributed by atoms with Crippen LogP contribution in [0.1, 0.15) is 26.7 Å². The second-order valence-electron chi connectivity index (χ2n) is 5.12. The molecule has 0 bridgehead atoms. The summed E-state index contributed by atoms with van der Waals surface area (Å²) in [6, 6.07) is 0.278. The standard InChI is InChI=1S/C12H26N2O/c1-10(11(2)13)8-14(3)6-7-15-9-12-4-5-12/h10-12H,4-9,13H2,1-3H3. The molecule has 0 aromatic heterocycles. The van der Waals surface area contributed by atoms with E-state index in [1.165, 1.54) is 12.8 Å². The fourth-order valence-corrected chi connectivity index (χ4v) is 1.50. The predicted molar refractivity (Wildman–Crippen MR) is 63.9 cm³/mol. The van der Waals surface area contributed by atoms with Gasteiger partial charge in [-0.2, -0.15) is 0 Å². The first kappa shape index (κ1) is 12.9. The Kier molecular flexibility index (Phi) is 5.58. The van der Waals surface area contributed by atoms with E-state index in [0.29, 0.717) is 5.92 Å². The van der Waals surface area contributed by atoms with Crippen molar-refractivity contribution in [2.45, 2.75) is 32.7 Å². The maximum atomic E-state index is 5.83. The van der Waals surface area contributed by atoms with E-state index in [1.807, 2.05) is 0 Å². The molecule has 0 saturated heterocycles. The Balaban J connectivity index is 1.94. The van der Waals surface area contributed by atoms with Crippen LogP contribution in [-0.4, -0.2) is 44.3 Å². The summed E-state index contributed by atoms with van der Waals surface area (Å²) in [5.41, 5.74) is 5.83. The Labute approximate surface area is 94.0 Å². The number of hydrogen-bond donors (Lipinski definition) is 1. The van der Waals surface area contributed by atoms with E-state index in [4.69, 9.17) is 10.5 Å². The number of rotatable bonds is 8. The van der Waals surface area contributed by atoms with E-state index in [0.717, 1.165) is 32.2 Å². The molecule has 1 fully saturated rings. The highest BCUT2D eigenvalue weighted by Crippen LogP contribution is 2.28. The lowest BCUT2D eigenvalue weighted by molar-refractivity contribution is 0.0988. The fraction of sp³-hybridized carbons (Fsp3) is 1.00. The molecule has 3 nitrogen and oxygen atoms in total. The molecule has 2 unspecified atom stereocenters. The fourth-order valence-electron chi connectivity index (χ4n) is 1.50. The number of hydrogen-bond acceptors (Lipinski definition) is 3. The largest absolute Gasteiger partial charge is 0.380 e. The lowest BCUT2D eigenvalue weighted by Crippen LogP contribution is -2.35. The van der Waals surface area contributed by atoms with Crippen molar-refractivity contribution < 1.29 is 4.74 Å². The third-order valence-corrected chi connectivity index (χ3v) is 3.17. The molecular formula is C12H26N2O. The molecule has 1 rings (SSSR count). The molecule has 0 amide bonds. The van der Waals surface area contributed by atoms with Crippen molar-refractivity contribution >= 4 is 0 Å². The van der Waals surface area contributed by atoms with Crippen molar-refractivity contribution in [1.82, 2.24) is 4.90 Å². The summed E-state index contributed by atoms with van der Waals surface area (Å²) in [6.45, 7) is 8.18. The Bertz CT molecular complexity index is 169. The average molecular weight is 214 g/mol. The van der Waals surface area contributed by atoms with Gasteiger partial charge >= 0.3 is 0 Å². The molecule has 2 atom stereocenters. The van der Waals surface area contributed by atoms with Crippen LogP contribution in [0.5, 0.6) is 0 Å². The molecule has 2 N–H and O–H groups in total. The Morgan fingerprint density at radius 3 is 2.60 bits per heavy atom. The van der Waals surface area contributed by atoms with Gasteiger partial charge in [-0.3, -0.25) is 0 Å². The van der Waals surface area contributed by atoms with Gasteiger partial charge in [-0.15, -0.1) is 0 Å². The van der Waals surface area contributed by atoms with Crippen molar-refractivity contribution in [2.75, 3.05) is 33.4 Å². The summed E-state index contributed by atoms with van der Waals surface area (Å²) in [5, 5.41) is 0. The minimum atomic E-state index is 0.278. The molecule has 0 spiro atoms. The van der Waals surface area contributed by atoms with Gasteiger partial charge in [-0.25, -0.2) is 0 Å². The Morgan fingerprint density at radius 2 is 2.07 bits per heavy atom. The van der Waals surface area contributed by atoms with Crippen molar-refractivity contribution in [3.05, 3.63) is 0 Å². The highest BCUT2D eigenvalue weighted by atomic mass is 16.5. The number of likely N-dealkylation sites (N-methyl/N-ethyl adjacent to an activating group) is 1. The van der Waals surface area contributed by atoms with Crippen LogP contribution in [0.15, 0.2) is 0 Å². The van der Waals surface area contributed by atoms with Crippen LogP contribution in [0.25, 0.3) is 0 Å². The van der Waals surface area contributed by atoms with E-state index in [-0.39, 0.29) is 6.04 Å². The summed E-state index contributed by atoms with van der Waals surface area (Å²) in [6.07, 6.45) is 2.75. The van der Waals surface area contributed by atoms with Gasteiger partial charge in [0.25, 0.3) is 0 Å². The molecule has 1 aliphatic rings. The molecule has 1 saturated carbocycles. The summed E-state index contributed by atoms with van der Waals surface area (Å²) >= 11 is 0. The zero-order chi connectivity index (χ0) is 11.3. The lowest BCUT2D eigenvalue weighted by Gasteiger charge is -2.23. The molecule has 0 heterocycles. The molecule has 3 heteroatoms. The topological polar surface area (TPSA) is 38.5 Å². The van der Waals surface area contributed by atoms with Crippen molar-refractivity contribution in [2.24, 2.45) is 17.6 Å². The summed E-state index contributed by atoms with van der Waals surface area (Å²) in [4.78, 5) is 2.31. The predicted octanol–water partition coefficient (Wildman–Crippen LogP) is 1.33.